The Labute approximate surface area is 69.6 Å². The minimum absolute atomic E-state index is 0.0447. The number of hydrogen-bond acceptors (Lipinski definition) is 3. The highest BCUT2D eigenvalue weighted by molar-refractivity contribution is 7.10. The number of carbonyl (C=O) groups is 1. The third-order valence-electron chi connectivity index (χ3n) is 1.45. The molecule has 0 saturated heterocycles. The molecule has 0 radical (unpaired) electrons. The number of nitrogens with zero attached hydrogens (tertiary/aromatic N) is 1. The fourth-order valence-electron chi connectivity index (χ4n) is 0.692. The van der Waals surface area contributed by atoms with Crippen molar-refractivity contribution in [3.63, 3.8) is 0 Å². The fraction of sp³-hybridized carbons (Fsp3) is 0.429. The molecule has 0 atom stereocenters. The summed E-state index contributed by atoms with van der Waals surface area (Å²) in [6.45, 7) is 5.37. The molecule has 1 aromatic rings. The summed E-state index contributed by atoms with van der Waals surface area (Å²) >= 11 is 1.32. The summed E-state index contributed by atoms with van der Waals surface area (Å²) in [7, 11) is 0. The molecule has 0 saturated carbocycles. The Bertz CT molecular complexity index is 280. The van der Waals surface area contributed by atoms with E-state index in [0.717, 1.165) is 16.3 Å². The molecule has 1 amide bonds. The zero-order valence-corrected chi connectivity index (χ0v) is 7.58. The largest absolute Gasteiger partial charge is 0.316 e. The van der Waals surface area contributed by atoms with Gasteiger partial charge < -0.3 is 5.32 Å². The van der Waals surface area contributed by atoms with Crippen molar-refractivity contribution >= 4 is 22.4 Å². The van der Waals surface area contributed by atoms with Gasteiger partial charge >= 0.3 is 0 Å². The maximum atomic E-state index is 10.6. The van der Waals surface area contributed by atoms with E-state index in [1.807, 2.05) is 13.8 Å². The quantitative estimate of drug-likeness (QED) is 0.697. The van der Waals surface area contributed by atoms with Gasteiger partial charge in [0.2, 0.25) is 5.91 Å². The van der Waals surface area contributed by atoms with E-state index in [-0.39, 0.29) is 5.91 Å². The van der Waals surface area contributed by atoms with Crippen LogP contribution >= 0.6 is 11.5 Å². The summed E-state index contributed by atoms with van der Waals surface area (Å²) in [5, 5.41) is 3.57. The maximum absolute atomic E-state index is 10.6. The SMILES string of the molecule is CC(=O)Nc1snc(C)c1C. The number of hydrogen-bond donors (Lipinski definition) is 1. The van der Waals surface area contributed by atoms with Gasteiger partial charge in [-0.15, -0.1) is 0 Å². The van der Waals surface area contributed by atoms with Crippen LogP contribution in [0.3, 0.4) is 0 Å². The number of anilines is 1. The molecule has 0 spiro atoms. The average Bonchev–Trinajstić information content (AvgIpc) is 2.18. The molecule has 0 fully saturated rings. The van der Waals surface area contributed by atoms with E-state index in [4.69, 9.17) is 0 Å². The Morgan fingerprint density at radius 1 is 1.55 bits per heavy atom. The molecule has 1 heterocycles. The van der Waals surface area contributed by atoms with Crippen LogP contribution in [-0.2, 0) is 4.79 Å². The molecule has 0 aliphatic carbocycles. The lowest BCUT2D eigenvalue weighted by atomic mass is 10.3. The van der Waals surface area contributed by atoms with Crippen LogP contribution < -0.4 is 5.32 Å². The predicted molar refractivity (Wildman–Crippen MR) is 45.9 cm³/mol. The molecule has 0 aliphatic heterocycles. The van der Waals surface area contributed by atoms with Crippen molar-refractivity contribution in [3.05, 3.63) is 11.3 Å². The first-order chi connectivity index (χ1) is 5.11. The normalized spacial score (nSPS) is 9.73. The Hall–Kier alpha value is -0.900. The fourth-order valence-corrected chi connectivity index (χ4v) is 1.53. The zero-order valence-electron chi connectivity index (χ0n) is 6.76. The van der Waals surface area contributed by atoms with E-state index >= 15 is 0 Å². The lowest BCUT2D eigenvalue weighted by molar-refractivity contribution is -0.114. The van der Waals surface area contributed by atoms with E-state index in [0.29, 0.717) is 0 Å². The molecule has 0 unspecified atom stereocenters. The van der Waals surface area contributed by atoms with Gasteiger partial charge in [-0.2, -0.15) is 4.37 Å². The minimum Gasteiger partial charge on any atom is -0.316 e. The van der Waals surface area contributed by atoms with Crippen molar-refractivity contribution < 1.29 is 4.79 Å². The van der Waals surface area contributed by atoms with E-state index in [1.165, 1.54) is 18.5 Å². The smallest absolute Gasteiger partial charge is 0.221 e. The van der Waals surface area contributed by atoms with Gasteiger partial charge in [-0.1, -0.05) is 0 Å². The minimum atomic E-state index is -0.0447. The molecule has 1 N–H and O–H groups in total. The van der Waals surface area contributed by atoms with Crippen LogP contribution in [0.15, 0.2) is 0 Å². The Morgan fingerprint density at radius 3 is 2.55 bits per heavy atom. The first kappa shape index (κ1) is 8.20. The summed E-state index contributed by atoms with van der Waals surface area (Å²) in [5.41, 5.74) is 2.05. The first-order valence-electron chi connectivity index (χ1n) is 3.31. The van der Waals surface area contributed by atoms with Gasteiger partial charge in [0, 0.05) is 12.5 Å². The van der Waals surface area contributed by atoms with Crippen molar-refractivity contribution in [2.45, 2.75) is 20.8 Å². The number of nitrogens with one attached hydrogen (secondary N) is 1. The number of amides is 1. The van der Waals surface area contributed by atoms with Crippen LogP contribution in [0.25, 0.3) is 0 Å². The second kappa shape index (κ2) is 3.00. The lowest BCUT2D eigenvalue weighted by Gasteiger charge is -1.96. The summed E-state index contributed by atoms with van der Waals surface area (Å²) in [5.74, 6) is -0.0447. The van der Waals surface area contributed by atoms with Crippen LogP contribution in [0.1, 0.15) is 18.2 Å². The molecule has 0 bridgehead atoms. The molecule has 1 rings (SSSR count). The zero-order chi connectivity index (χ0) is 8.43. The average molecular weight is 170 g/mol. The van der Waals surface area contributed by atoms with Crippen molar-refractivity contribution in [2.24, 2.45) is 0 Å². The number of aromatic nitrogens is 1. The summed E-state index contributed by atoms with van der Waals surface area (Å²) in [4.78, 5) is 10.6. The monoisotopic (exact) mass is 170 g/mol. The Balaban J connectivity index is 2.87. The standard InChI is InChI=1S/C7H10N2OS/c1-4-5(2)9-11-7(4)8-6(3)10/h1-3H3,(H,8,10). The van der Waals surface area contributed by atoms with E-state index in [9.17, 15) is 4.79 Å². The van der Waals surface area contributed by atoms with Gasteiger partial charge in [0.1, 0.15) is 5.00 Å². The van der Waals surface area contributed by atoms with Crippen molar-refractivity contribution in [3.8, 4) is 0 Å². The van der Waals surface area contributed by atoms with Gasteiger partial charge in [0.15, 0.2) is 0 Å². The highest BCUT2D eigenvalue weighted by Gasteiger charge is 2.05. The van der Waals surface area contributed by atoms with Gasteiger partial charge in [-0.3, -0.25) is 4.79 Å². The molecular weight excluding hydrogens is 160 g/mol. The van der Waals surface area contributed by atoms with Crippen LogP contribution in [-0.4, -0.2) is 10.3 Å². The number of carbonyl (C=O) groups excluding carboxylic acids is 1. The molecule has 1 aromatic heterocycles. The summed E-state index contributed by atoms with van der Waals surface area (Å²) in [6, 6.07) is 0. The summed E-state index contributed by atoms with van der Waals surface area (Å²) < 4.78 is 4.10. The Morgan fingerprint density at radius 2 is 2.18 bits per heavy atom. The van der Waals surface area contributed by atoms with Gasteiger partial charge in [-0.05, 0) is 25.4 Å². The van der Waals surface area contributed by atoms with Gasteiger partial charge in [0.25, 0.3) is 0 Å². The summed E-state index contributed by atoms with van der Waals surface area (Å²) in [6.07, 6.45) is 0. The second-order valence-corrected chi connectivity index (χ2v) is 3.18. The van der Waals surface area contributed by atoms with E-state index in [2.05, 4.69) is 9.69 Å². The first-order valence-corrected chi connectivity index (χ1v) is 4.09. The Kier molecular flexibility index (Phi) is 2.24. The third kappa shape index (κ3) is 1.77. The lowest BCUT2D eigenvalue weighted by Crippen LogP contribution is -2.04. The molecule has 0 aliphatic rings. The number of rotatable bonds is 1. The molecule has 11 heavy (non-hydrogen) atoms. The van der Waals surface area contributed by atoms with Crippen molar-refractivity contribution in [1.29, 1.82) is 0 Å². The second-order valence-electron chi connectivity index (χ2n) is 2.40. The van der Waals surface area contributed by atoms with Crippen LogP contribution in [0.2, 0.25) is 0 Å². The van der Waals surface area contributed by atoms with Crippen molar-refractivity contribution in [1.82, 2.24) is 4.37 Å². The molecule has 0 aromatic carbocycles. The molecule has 3 nitrogen and oxygen atoms in total. The molecule has 60 valence electrons. The number of aryl methyl sites for hydroxylation is 1. The van der Waals surface area contributed by atoms with Crippen LogP contribution in [0.4, 0.5) is 5.00 Å². The van der Waals surface area contributed by atoms with E-state index in [1.54, 1.807) is 0 Å². The molecule has 4 heteroatoms. The third-order valence-corrected chi connectivity index (χ3v) is 2.40. The topological polar surface area (TPSA) is 42.0 Å². The van der Waals surface area contributed by atoms with E-state index < -0.39 is 0 Å². The van der Waals surface area contributed by atoms with Crippen LogP contribution in [0, 0.1) is 13.8 Å². The highest BCUT2D eigenvalue weighted by atomic mass is 32.1. The maximum Gasteiger partial charge on any atom is 0.221 e. The molecular formula is C7H10N2OS. The predicted octanol–water partition coefficient (Wildman–Crippen LogP) is 1.72. The highest BCUT2D eigenvalue weighted by Crippen LogP contribution is 2.22. The van der Waals surface area contributed by atoms with Gasteiger partial charge in [-0.25, -0.2) is 0 Å². The van der Waals surface area contributed by atoms with Gasteiger partial charge in [0.05, 0.1) is 5.69 Å². The van der Waals surface area contributed by atoms with Crippen LogP contribution in [0.5, 0.6) is 0 Å². The van der Waals surface area contributed by atoms with Crippen molar-refractivity contribution in [2.75, 3.05) is 5.32 Å².